The van der Waals surface area contributed by atoms with Gasteiger partial charge in [-0.1, -0.05) is 158 Å². The van der Waals surface area contributed by atoms with Crippen molar-refractivity contribution in [3.63, 3.8) is 0 Å². The van der Waals surface area contributed by atoms with Crippen molar-refractivity contribution in [2.75, 3.05) is 0 Å². The number of benzene rings is 8. The lowest BCUT2D eigenvalue weighted by atomic mass is 9.63. The highest BCUT2D eigenvalue weighted by atomic mass is 16.5. The van der Waals surface area contributed by atoms with Crippen LogP contribution in [-0.4, -0.2) is 14.5 Å². The minimum Gasteiger partial charge on any atom is -0.457 e. The van der Waals surface area contributed by atoms with Gasteiger partial charge in [-0.3, -0.25) is 4.57 Å². The molecule has 0 amide bonds. The third-order valence-electron chi connectivity index (χ3n) is 11.6. The maximum absolute atomic E-state index is 7.92. The molecule has 5 heteroatoms. The first kappa shape index (κ1) is 34.2. The molecule has 0 unspecified atom stereocenters. The van der Waals surface area contributed by atoms with Crippen molar-refractivity contribution in [3.8, 4) is 51.1 Å². The Bertz CT molecular complexity index is 3150. The van der Waals surface area contributed by atoms with Crippen LogP contribution in [0.15, 0.2) is 206 Å². The quantitative estimate of drug-likeness (QED) is 0.159. The van der Waals surface area contributed by atoms with Crippen LogP contribution in [0.25, 0.3) is 66.2 Å². The number of fused-ring (bicyclic) bond motifs is 5. The largest absolute Gasteiger partial charge is 0.457 e. The van der Waals surface area contributed by atoms with E-state index < -0.39 is 5.41 Å². The molecule has 3 heterocycles. The molecule has 1 aliphatic heterocycles. The number of hydrogen-bond donors (Lipinski definition) is 0. The Hall–Kier alpha value is -8.07. The molecule has 0 bridgehead atoms. The van der Waals surface area contributed by atoms with Crippen LogP contribution in [0.3, 0.4) is 0 Å². The Balaban J connectivity index is 1.14. The van der Waals surface area contributed by atoms with E-state index in [1.165, 1.54) is 0 Å². The van der Waals surface area contributed by atoms with Crippen LogP contribution in [0.1, 0.15) is 22.3 Å². The molecule has 276 valence electrons. The van der Waals surface area contributed by atoms with Gasteiger partial charge < -0.3 is 4.74 Å². The summed E-state index contributed by atoms with van der Waals surface area (Å²) in [5, 5.41) is 1.97. The van der Waals surface area contributed by atoms with Crippen molar-refractivity contribution in [2.24, 2.45) is 0 Å². The molecule has 0 aliphatic carbocycles. The smallest absolute Gasteiger partial charge is 0.235 e. The number of aromatic nitrogens is 3. The number of para-hydroxylation sites is 1. The van der Waals surface area contributed by atoms with Gasteiger partial charge in [0.25, 0.3) is 0 Å². The Morgan fingerprint density at radius 3 is 1.58 bits per heavy atom. The van der Waals surface area contributed by atoms with Gasteiger partial charge in [0.15, 0.2) is 5.69 Å². The lowest BCUT2D eigenvalue weighted by molar-refractivity contribution is 0.434. The van der Waals surface area contributed by atoms with Crippen molar-refractivity contribution < 1.29 is 4.74 Å². The van der Waals surface area contributed by atoms with Gasteiger partial charge in [-0.05, 0) is 76.2 Å². The summed E-state index contributed by atoms with van der Waals surface area (Å²) < 4.78 is 8.84. The molecule has 0 radical (unpaired) electrons. The fraction of sp³-hybridized carbons (Fsp3) is 0.0185. The summed E-state index contributed by atoms with van der Waals surface area (Å²) in [7, 11) is 0. The summed E-state index contributed by atoms with van der Waals surface area (Å²) in [5.74, 6) is 2.23. The van der Waals surface area contributed by atoms with Crippen molar-refractivity contribution in [1.29, 1.82) is 0 Å². The van der Waals surface area contributed by atoms with E-state index in [2.05, 4.69) is 155 Å². The predicted molar refractivity (Wildman–Crippen MR) is 237 cm³/mol. The van der Waals surface area contributed by atoms with Crippen molar-refractivity contribution in [3.05, 3.63) is 240 Å². The normalized spacial score (nSPS) is 12.7. The van der Waals surface area contributed by atoms with Crippen molar-refractivity contribution in [1.82, 2.24) is 14.5 Å². The molecular weight excluding hydrogens is 721 g/mol. The third-order valence-corrected chi connectivity index (χ3v) is 11.6. The van der Waals surface area contributed by atoms with Gasteiger partial charge in [0.1, 0.15) is 11.5 Å². The number of nitrogens with zero attached hydrogens (tertiary/aromatic N) is 4. The highest BCUT2D eigenvalue weighted by Crippen LogP contribution is 2.56. The molecule has 2 aromatic heterocycles. The van der Waals surface area contributed by atoms with E-state index in [0.29, 0.717) is 11.6 Å². The highest BCUT2D eigenvalue weighted by molar-refractivity contribution is 6.11. The average molecular weight is 755 g/mol. The summed E-state index contributed by atoms with van der Waals surface area (Å²) in [6.07, 6.45) is 0. The zero-order chi connectivity index (χ0) is 39.3. The van der Waals surface area contributed by atoms with Crippen molar-refractivity contribution >= 4 is 27.5 Å². The first-order chi connectivity index (χ1) is 29.2. The van der Waals surface area contributed by atoms with E-state index in [1.807, 2.05) is 60.7 Å². The maximum atomic E-state index is 7.92. The average Bonchev–Trinajstić information content (AvgIpc) is 3.64. The second-order valence-corrected chi connectivity index (χ2v) is 14.8. The standard InChI is InChI=1S/C54H34N4O/c1-55-42-28-30-50-44(34-42)43-32-38(26-29-49(43)58(50)53-56-47(36-16-6-2-7-17-36)35-48(57-53)37-18-8-3-9-19-37)39-27-31-52-46(33-39)54(40-20-10-4-11-21-40,41-22-12-5-13-23-41)45-24-14-15-25-51(45)59-52/h2-35H. The topological polar surface area (TPSA) is 44.3 Å². The van der Waals surface area contributed by atoms with Gasteiger partial charge in [0.2, 0.25) is 5.95 Å². The summed E-state index contributed by atoms with van der Waals surface area (Å²) in [4.78, 5) is 14.3. The zero-order valence-electron chi connectivity index (χ0n) is 31.8. The van der Waals surface area contributed by atoms with Crippen LogP contribution in [0.2, 0.25) is 0 Å². The Labute approximate surface area is 341 Å². The molecule has 0 fully saturated rings. The summed E-state index contributed by atoms with van der Waals surface area (Å²) in [5.41, 5.74) is 12.1. The fourth-order valence-electron chi connectivity index (χ4n) is 8.91. The Kier molecular flexibility index (Phi) is 8.02. The Morgan fingerprint density at radius 1 is 0.441 bits per heavy atom. The van der Waals surface area contributed by atoms with Crippen LogP contribution in [-0.2, 0) is 5.41 Å². The molecule has 1 aliphatic rings. The van der Waals surface area contributed by atoms with Crippen LogP contribution in [0.4, 0.5) is 5.69 Å². The minimum absolute atomic E-state index is 0.564. The first-order valence-corrected chi connectivity index (χ1v) is 19.7. The molecule has 0 saturated heterocycles. The van der Waals surface area contributed by atoms with Crippen LogP contribution >= 0.6 is 0 Å². The fourth-order valence-corrected chi connectivity index (χ4v) is 8.91. The lowest BCUT2D eigenvalue weighted by Gasteiger charge is -2.41. The van der Waals surface area contributed by atoms with E-state index in [-0.39, 0.29) is 0 Å². The summed E-state index contributed by atoms with van der Waals surface area (Å²) in [6.45, 7) is 7.92. The van der Waals surface area contributed by atoms with Gasteiger partial charge in [-0.25, -0.2) is 14.8 Å². The molecule has 0 saturated carbocycles. The predicted octanol–water partition coefficient (Wildman–Crippen LogP) is 13.6. The van der Waals surface area contributed by atoms with Crippen LogP contribution in [0.5, 0.6) is 11.5 Å². The second kappa shape index (κ2) is 13.8. The monoisotopic (exact) mass is 754 g/mol. The minimum atomic E-state index is -0.634. The van der Waals surface area contributed by atoms with Gasteiger partial charge in [0.05, 0.1) is 34.4 Å². The van der Waals surface area contributed by atoms with Gasteiger partial charge >= 0.3 is 0 Å². The maximum Gasteiger partial charge on any atom is 0.235 e. The molecule has 0 atom stereocenters. The van der Waals surface area contributed by atoms with E-state index in [0.717, 1.165) is 89.2 Å². The molecule has 0 N–H and O–H groups in total. The van der Waals surface area contributed by atoms with Crippen LogP contribution in [0, 0.1) is 6.57 Å². The molecule has 8 aromatic carbocycles. The van der Waals surface area contributed by atoms with Crippen molar-refractivity contribution in [2.45, 2.75) is 5.41 Å². The van der Waals surface area contributed by atoms with E-state index in [9.17, 15) is 0 Å². The summed E-state index contributed by atoms with van der Waals surface area (Å²) in [6, 6.07) is 71.4. The van der Waals surface area contributed by atoms with Gasteiger partial charge in [-0.15, -0.1) is 0 Å². The summed E-state index contributed by atoms with van der Waals surface area (Å²) >= 11 is 0. The Morgan fingerprint density at radius 2 is 0.949 bits per heavy atom. The molecule has 5 nitrogen and oxygen atoms in total. The number of rotatable bonds is 6. The molecule has 59 heavy (non-hydrogen) atoms. The van der Waals surface area contributed by atoms with E-state index in [1.54, 1.807) is 0 Å². The molecule has 10 aromatic rings. The third kappa shape index (κ3) is 5.54. The number of ether oxygens (including phenoxy) is 1. The van der Waals surface area contributed by atoms with E-state index >= 15 is 0 Å². The van der Waals surface area contributed by atoms with E-state index in [4.69, 9.17) is 21.3 Å². The zero-order valence-corrected chi connectivity index (χ0v) is 31.8. The first-order valence-electron chi connectivity index (χ1n) is 19.7. The van der Waals surface area contributed by atoms with Crippen LogP contribution < -0.4 is 4.74 Å². The highest BCUT2D eigenvalue weighted by Gasteiger charge is 2.45. The molecular formula is C54H34N4O. The number of hydrogen-bond acceptors (Lipinski definition) is 3. The SMILES string of the molecule is [C-]#[N+]c1ccc2c(c1)c1cc(-c3ccc4c(c3)C(c3ccccc3)(c3ccccc3)c3ccccc3O4)ccc1n2-c1nc(-c2ccccc2)cc(-c2ccccc2)n1. The lowest BCUT2D eigenvalue weighted by Crippen LogP contribution is -2.34. The van der Waals surface area contributed by atoms with Gasteiger partial charge in [-0.2, -0.15) is 0 Å². The van der Waals surface area contributed by atoms with Gasteiger partial charge in [0, 0.05) is 27.6 Å². The molecule has 11 rings (SSSR count). The molecule has 0 spiro atoms. The second-order valence-electron chi connectivity index (χ2n) is 14.8.